The van der Waals surface area contributed by atoms with Crippen molar-refractivity contribution in [3.8, 4) is 11.4 Å². The van der Waals surface area contributed by atoms with Crippen molar-refractivity contribution in [1.29, 1.82) is 0 Å². The number of aromatic nitrogens is 2. The highest BCUT2D eigenvalue weighted by molar-refractivity contribution is 6.31. The molecule has 1 aromatic heterocycles. The zero-order chi connectivity index (χ0) is 18.1. The summed E-state index contributed by atoms with van der Waals surface area (Å²) in [6.07, 6.45) is 0. The number of halogens is 2. The van der Waals surface area contributed by atoms with Gasteiger partial charge in [-0.1, -0.05) is 54.1 Å². The molecule has 128 valence electrons. The minimum Gasteiger partial charge on any atom is -0.287 e. The molecule has 0 aliphatic carbocycles. The molecule has 0 bridgehead atoms. The van der Waals surface area contributed by atoms with Gasteiger partial charge >= 0.3 is 0 Å². The predicted molar refractivity (Wildman–Crippen MR) is 102 cm³/mol. The summed E-state index contributed by atoms with van der Waals surface area (Å²) >= 11 is 6.26. The Morgan fingerprint density at radius 1 is 0.923 bits per heavy atom. The Morgan fingerprint density at radius 3 is 2.42 bits per heavy atom. The zero-order valence-electron chi connectivity index (χ0n) is 13.7. The van der Waals surface area contributed by atoms with Crippen LogP contribution in [0.4, 0.5) is 4.39 Å². The van der Waals surface area contributed by atoms with E-state index < -0.39 is 5.82 Å². The summed E-state index contributed by atoms with van der Waals surface area (Å²) in [6, 6.07) is 20.6. The number of fused-ring (bicyclic) bond motifs is 1. The van der Waals surface area contributed by atoms with Crippen molar-refractivity contribution in [3.63, 3.8) is 0 Å². The summed E-state index contributed by atoms with van der Waals surface area (Å²) in [6.45, 7) is 0.208. The molecule has 3 aromatic carbocycles. The number of benzene rings is 3. The Balaban J connectivity index is 2.02. The fourth-order valence-corrected chi connectivity index (χ4v) is 3.16. The number of hydrogen-bond donors (Lipinski definition) is 0. The molecule has 4 rings (SSSR count). The molecule has 1 heterocycles. The van der Waals surface area contributed by atoms with E-state index in [1.165, 1.54) is 10.6 Å². The van der Waals surface area contributed by atoms with Crippen molar-refractivity contribution in [3.05, 3.63) is 99.6 Å². The van der Waals surface area contributed by atoms with E-state index in [4.69, 9.17) is 11.6 Å². The first-order valence-corrected chi connectivity index (χ1v) is 8.51. The van der Waals surface area contributed by atoms with Gasteiger partial charge in [0.1, 0.15) is 11.6 Å². The molecule has 0 atom stereocenters. The molecule has 0 aliphatic heterocycles. The van der Waals surface area contributed by atoms with Crippen LogP contribution in [0.5, 0.6) is 0 Å². The van der Waals surface area contributed by atoms with Gasteiger partial charge in [-0.05, 0) is 35.9 Å². The van der Waals surface area contributed by atoms with Gasteiger partial charge in [-0.15, -0.1) is 0 Å². The lowest BCUT2D eigenvalue weighted by Crippen LogP contribution is -2.24. The average molecular weight is 365 g/mol. The quantitative estimate of drug-likeness (QED) is 0.518. The molecule has 0 amide bonds. The third-order valence-corrected chi connectivity index (χ3v) is 4.63. The van der Waals surface area contributed by atoms with Crippen molar-refractivity contribution in [2.45, 2.75) is 6.54 Å². The minimum atomic E-state index is -0.428. The predicted octanol–water partition coefficient (Wildman–Crippen LogP) is 4.90. The van der Waals surface area contributed by atoms with Crippen LogP contribution in [-0.4, -0.2) is 9.55 Å². The van der Waals surface area contributed by atoms with E-state index in [0.29, 0.717) is 15.9 Å². The summed E-state index contributed by atoms with van der Waals surface area (Å²) < 4.78 is 15.9. The molecule has 0 radical (unpaired) electrons. The Labute approximate surface area is 154 Å². The first kappa shape index (κ1) is 16.5. The molecule has 0 N–H and O–H groups in total. The van der Waals surface area contributed by atoms with E-state index >= 15 is 0 Å². The maximum atomic E-state index is 14.4. The second-order valence-electron chi connectivity index (χ2n) is 5.92. The second kappa shape index (κ2) is 6.73. The van der Waals surface area contributed by atoms with E-state index in [0.717, 1.165) is 5.56 Å². The summed E-state index contributed by atoms with van der Waals surface area (Å²) in [5.41, 5.74) is 1.35. The second-order valence-corrected chi connectivity index (χ2v) is 6.32. The van der Waals surface area contributed by atoms with Gasteiger partial charge in [0.25, 0.3) is 5.56 Å². The van der Waals surface area contributed by atoms with Crippen LogP contribution in [-0.2, 0) is 6.54 Å². The van der Waals surface area contributed by atoms with Crippen LogP contribution in [0.2, 0.25) is 5.02 Å². The molecular weight excluding hydrogens is 351 g/mol. The highest BCUT2D eigenvalue weighted by Crippen LogP contribution is 2.24. The standard InChI is InChI=1S/C21H14ClFN2O/c22-17-10-4-1-7-14(17)13-25-20(15-8-2-5-11-18(15)23)24-19-12-6-3-9-16(19)21(25)26/h1-12H,13H2. The molecule has 0 aliphatic rings. The number of nitrogens with zero attached hydrogens (tertiary/aromatic N) is 2. The smallest absolute Gasteiger partial charge is 0.261 e. The van der Waals surface area contributed by atoms with Crippen LogP contribution in [0.1, 0.15) is 5.56 Å². The molecule has 0 saturated heterocycles. The highest BCUT2D eigenvalue weighted by Gasteiger charge is 2.16. The van der Waals surface area contributed by atoms with Crippen molar-refractivity contribution < 1.29 is 4.39 Å². The van der Waals surface area contributed by atoms with E-state index in [9.17, 15) is 9.18 Å². The molecule has 5 heteroatoms. The highest BCUT2D eigenvalue weighted by atomic mass is 35.5. The van der Waals surface area contributed by atoms with Crippen LogP contribution in [0.3, 0.4) is 0 Å². The summed E-state index contributed by atoms with van der Waals surface area (Å²) in [5.74, 6) is -0.144. The first-order chi connectivity index (χ1) is 12.6. The molecule has 0 unspecified atom stereocenters. The van der Waals surface area contributed by atoms with Crippen LogP contribution in [0.25, 0.3) is 22.3 Å². The topological polar surface area (TPSA) is 34.9 Å². The first-order valence-electron chi connectivity index (χ1n) is 8.13. The molecule has 0 fully saturated rings. The average Bonchev–Trinajstić information content (AvgIpc) is 2.66. The van der Waals surface area contributed by atoms with Gasteiger partial charge in [0, 0.05) is 5.02 Å². The summed E-state index contributed by atoms with van der Waals surface area (Å²) in [7, 11) is 0. The number of rotatable bonds is 3. The van der Waals surface area contributed by atoms with E-state index in [1.54, 1.807) is 48.5 Å². The number of para-hydroxylation sites is 1. The monoisotopic (exact) mass is 364 g/mol. The van der Waals surface area contributed by atoms with Gasteiger partial charge in [0.2, 0.25) is 0 Å². The van der Waals surface area contributed by atoms with Gasteiger partial charge in [0.05, 0.1) is 23.0 Å². The maximum Gasteiger partial charge on any atom is 0.261 e. The summed E-state index contributed by atoms with van der Waals surface area (Å²) in [4.78, 5) is 17.7. The lowest BCUT2D eigenvalue weighted by atomic mass is 10.1. The Hall–Kier alpha value is -2.98. The zero-order valence-corrected chi connectivity index (χ0v) is 14.4. The fourth-order valence-electron chi connectivity index (χ4n) is 2.96. The maximum absolute atomic E-state index is 14.4. The third-order valence-electron chi connectivity index (χ3n) is 4.26. The normalized spacial score (nSPS) is 11.0. The molecule has 4 aromatic rings. The van der Waals surface area contributed by atoms with E-state index in [2.05, 4.69) is 4.98 Å². The van der Waals surface area contributed by atoms with Crippen LogP contribution >= 0.6 is 11.6 Å². The van der Waals surface area contributed by atoms with Crippen LogP contribution in [0, 0.1) is 5.82 Å². The van der Waals surface area contributed by atoms with E-state index in [-0.39, 0.29) is 23.5 Å². The van der Waals surface area contributed by atoms with Crippen LogP contribution < -0.4 is 5.56 Å². The van der Waals surface area contributed by atoms with Crippen molar-refractivity contribution in [1.82, 2.24) is 9.55 Å². The molecule has 26 heavy (non-hydrogen) atoms. The lowest BCUT2D eigenvalue weighted by molar-refractivity contribution is 0.626. The Kier molecular flexibility index (Phi) is 4.27. The molecule has 3 nitrogen and oxygen atoms in total. The fraction of sp³-hybridized carbons (Fsp3) is 0.0476. The number of hydrogen-bond acceptors (Lipinski definition) is 2. The minimum absolute atomic E-state index is 0.208. The third kappa shape index (κ3) is 2.89. The van der Waals surface area contributed by atoms with Gasteiger partial charge in [0.15, 0.2) is 0 Å². The molecule has 0 saturated carbocycles. The molecule has 0 spiro atoms. The largest absolute Gasteiger partial charge is 0.287 e. The van der Waals surface area contributed by atoms with Gasteiger partial charge < -0.3 is 0 Å². The molecular formula is C21H14ClFN2O. The van der Waals surface area contributed by atoms with Gasteiger partial charge in [-0.2, -0.15) is 0 Å². The summed E-state index contributed by atoms with van der Waals surface area (Å²) in [5, 5.41) is 1.03. The Bertz CT molecular complexity index is 1170. The van der Waals surface area contributed by atoms with Crippen molar-refractivity contribution in [2.24, 2.45) is 0 Å². The van der Waals surface area contributed by atoms with Crippen molar-refractivity contribution >= 4 is 22.5 Å². The SMILES string of the molecule is O=c1c2ccccc2nc(-c2ccccc2F)n1Cc1ccccc1Cl. The van der Waals surface area contributed by atoms with Gasteiger partial charge in [-0.25, -0.2) is 9.37 Å². The van der Waals surface area contributed by atoms with Gasteiger partial charge in [-0.3, -0.25) is 9.36 Å². The van der Waals surface area contributed by atoms with E-state index in [1.807, 2.05) is 18.2 Å². The van der Waals surface area contributed by atoms with Crippen LogP contribution in [0.15, 0.2) is 77.6 Å². The lowest BCUT2D eigenvalue weighted by Gasteiger charge is -2.15. The Morgan fingerprint density at radius 2 is 1.62 bits per heavy atom. The van der Waals surface area contributed by atoms with Crippen molar-refractivity contribution in [2.75, 3.05) is 0 Å².